The molecule has 4 aliphatic rings. The molecule has 0 saturated heterocycles. The Kier molecular flexibility index (Phi) is 40.3. The Morgan fingerprint density at radius 2 is 1.13 bits per heavy atom. The number of benzene rings is 2. The number of phenols is 1. The van der Waals surface area contributed by atoms with Crippen molar-refractivity contribution in [1.82, 2.24) is 35.6 Å². The molecular weight excluding hydrogens is 1440 g/mol. The van der Waals surface area contributed by atoms with Gasteiger partial charge in [0.1, 0.15) is 40.8 Å². The Balaban J connectivity index is 0.000000278. The molecule has 29 nitrogen and oxygen atoms in total. The summed E-state index contributed by atoms with van der Waals surface area (Å²) in [4.78, 5) is 82.4. The van der Waals surface area contributed by atoms with Crippen molar-refractivity contribution in [3.63, 3.8) is 0 Å². The van der Waals surface area contributed by atoms with Gasteiger partial charge in [0.15, 0.2) is 0 Å². The van der Waals surface area contributed by atoms with Crippen molar-refractivity contribution < 1.29 is 105 Å². The van der Waals surface area contributed by atoms with E-state index >= 15 is 0 Å². The summed E-state index contributed by atoms with van der Waals surface area (Å²) in [6, 6.07) is 19.2. The number of aliphatic hydroxyl groups excluding tert-OH is 2. The summed E-state index contributed by atoms with van der Waals surface area (Å²) in [6.45, 7) is 13.9. The lowest BCUT2D eigenvalue weighted by atomic mass is 9.87. The lowest BCUT2D eigenvalue weighted by molar-refractivity contribution is -0.137. The predicted octanol–water partition coefficient (Wildman–Crippen LogP) is 11.0. The van der Waals surface area contributed by atoms with E-state index in [2.05, 4.69) is 78.9 Å². The molecule has 10 rings (SSSR count). The van der Waals surface area contributed by atoms with Gasteiger partial charge >= 0.3 is 23.9 Å². The maximum atomic E-state index is 12.9. The Morgan fingerprint density at radius 3 is 1.54 bits per heavy atom. The maximum absolute atomic E-state index is 12.9. The number of aromatic nitrogens is 6. The normalized spacial score (nSPS) is 17.5. The molecule has 5 atom stereocenters. The number of nitrogens with zero attached hydrogens (tertiary/aromatic N) is 6. The van der Waals surface area contributed by atoms with E-state index in [4.69, 9.17) is 59.2 Å². The third kappa shape index (κ3) is 33.4. The number of allylic oxidation sites excluding steroid dienone is 3. The highest BCUT2D eigenvalue weighted by Gasteiger charge is 2.39. The molecule has 598 valence electrons. The third-order valence-corrected chi connectivity index (χ3v) is 22.4. The maximum Gasteiger partial charge on any atom is 0.335 e. The molecule has 5 unspecified atom stereocenters. The number of aldehydes is 1. The summed E-state index contributed by atoms with van der Waals surface area (Å²) in [6.07, 6.45) is 13.6. The van der Waals surface area contributed by atoms with Gasteiger partial charge in [0.2, 0.25) is 37.7 Å². The van der Waals surface area contributed by atoms with Crippen LogP contribution in [0.25, 0.3) is 23.0 Å². The van der Waals surface area contributed by atoms with Crippen LogP contribution in [-0.2, 0) is 71.8 Å². The van der Waals surface area contributed by atoms with Crippen LogP contribution in [0.5, 0.6) is 11.5 Å². The first-order chi connectivity index (χ1) is 51.9. The second-order valence-electron chi connectivity index (χ2n) is 27.7. The van der Waals surface area contributed by atoms with Gasteiger partial charge in [0.25, 0.3) is 0 Å². The fourth-order valence-electron chi connectivity index (χ4n) is 11.3. The topological polar surface area (TPSA) is 436 Å². The molecule has 4 aliphatic carbocycles. The van der Waals surface area contributed by atoms with Crippen molar-refractivity contribution in [3.8, 4) is 34.5 Å². The number of carboxylic acid groups (broad SMARTS) is 2. The third-order valence-electron chi connectivity index (χ3n) is 18.1. The molecule has 1 saturated carbocycles. The molecule has 109 heavy (non-hydrogen) atoms. The average molecular weight is 1540 g/mol. The Labute approximate surface area is 635 Å². The Bertz CT molecular complexity index is 3850. The summed E-state index contributed by atoms with van der Waals surface area (Å²) in [5.74, 6) is -0.307. The van der Waals surface area contributed by atoms with Crippen LogP contribution < -0.4 is 21.2 Å². The van der Waals surface area contributed by atoms with Crippen LogP contribution in [0, 0.1) is 35.3 Å². The number of amides is 1. The van der Waals surface area contributed by atoms with E-state index in [0.29, 0.717) is 121 Å². The summed E-state index contributed by atoms with van der Waals surface area (Å²) < 4.78 is 71.2. The number of phenolic OH excluding ortho intramolecular Hbond substituents is 1. The summed E-state index contributed by atoms with van der Waals surface area (Å²) in [5.41, 5.74) is 17.0. The highest BCUT2D eigenvalue weighted by molar-refractivity contribution is 6.74. The molecular formula is C77H107F2N9O20Si. The molecule has 1 amide bonds. The number of carbonyl (C=O) groups excluding carboxylic acids is 4. The minimum absolute atomic E-state index is 0.0455. The quantitative estimate of drug-likeness (QED) is 0.0158. The smallest absolute Gasteiger partial charge is 0.335 e. The number of aliphatic hydroxyl groups is 2. The largest absolute Gasteiger partial charge is 0.543 e. The summed E-state index contributed by atoms with van der Waals surface area (Å²) in [5, 5.41) is 55.3. The van der Waals surface area contributed by atoms with Gasteiger partial charge in [0, 0.05) is 96.8 Å². The zero-order chi connectivity index (χ0) is 80.6. The molecule has 0 spiro atoms. The SMILES string of the molecule is CC(C)(C)[Si](C)(C)Oc1cccc(CO)c1.COCC1CCC(C(=O)O)=C(NC(=O)CCc2nc(-c3ccc(F)cn3)no2)C1.COCC1CCC(C(=O)OC)=C(N)C1.COCC1CCC(C(=O)OC)=C(N)C1.COCC1CCCC(O)C1.O=C(O)CCc1nc(-c2ccc(F)cn2)no1.O=Cc1cccc(O)c1. The fraction of sp³-hybridized carbons (Fsp3) is 0.506. The monoisotopic (exact) mass is 1540 g/mol. The number of rotatable bonds is 24. The number of carbonyl (C=O) groups is 6. The van der Waals surface area contributed by atoms with E-state index in [1.165, 1.54) is 57.0 Å². The first-order valence-corrected chi connectivity index (χ1v) is 38.5. The predicted molar refractivity (Wildman–Crippen MR) is 400 cm³/mol. The highest BCUT2D eigenvalue weighted by atomic mass is 28.4. The highest BCUT2D eigenvalue weighted by Crippen LogP contribution is 2.38. The van der Waals surface area contributed by atoms with E-state index < -0.39 is 31.9 Å². The first-order valence-electron chi connectivity index (χ1n) is 35.6. The molecule has 0 aliphatic heterocycles. The van der Waals surface area contributed by atoms with E-state index in [9.17, 15) is 47.8 Å². The standard InChI is InChI=1S/C19H21FN4O5.C13H22O2Si.C10H8FN3O3.2C10H17NO3.C8H16O2.C7H6O2/c1-28-10-11-2-4-13(19(26)27)15(8-11)22-16(25)6-7-17-23-18(24-29-17)14-5-3-12(20)9-21-14;1-13(2,3)16(4,5)15-12-8-6-7-11(9-12)10-14;11-6-1-2-7(12-5-6)10-13-8(17-14-10)3-4-9(15)16;2*1-13-6-7-3-4-8(9(11)5-7)10(12)14-2;1-10-6-7-3-2-4-8(9)5-7;8-5-6-2-1-3-7(9)4-6/h3,5,9,11H,2,4,6-8,10H2,1H3,(H,22,25)(H,26,27);6-9,14H,10H2,1-5H3;1-2,5H,3-4H2,(H,15,16);2*7H,3-6,11H2,1-2H3;7-9H,2-6H2,1H3;1-5,9H. The van der Waals surface area contributed by atoms with Crippen molar-refractivity contribution in [3.05, 3.63) is 154 Å². The number of hydrogen-bond donors (Lipinski definition) is 8. The van der Waals surface area contributed by atoms with E-state index in [-0.39, 0.29) is 102 Å². The molecule has 6 aromatic rings. The average Bonchev–Trinajstić information content (AvgIpc) is 1.69. The number of aliphatic carboxylic acids is 2. The molecule has 10 N–H and O–H groups in total. The number of halogens is 2. The fourth-order valence-corrected chi connectivity index (χ4v) is 12.3. The van der Waals surface area contributed by atoms with Crippen LogP contribution >= 0.6 is 0 Å². The number of nitrogens with one attached hydrogen (secondary N) is 1. The number of nitrogens with two attached hydrogens (primary N) is 2. The van der Waals surface area contributed by atoms with Crippen LogP contribution in [0.2, 0.25) is 18.1 Å². The molecule has 4 aromatic heterocycles. The number of carboxylic acids is 2. The lowest BCUT2D eigenvalue weighted by Gasteiger charge is -2.36. The van der Waals surface area contributed by atoms with Crippen LogP contribution in [0.15, 0.2) is 128 Å². The molecule has 4 heterocycles. The van der Waals surface area contributed by atoms with Crippen molar-refractivity contribution >= 4 is 44.4 Å². The van der Waals surface area contributed by atoms with Gasteiger partial charge in [-0.1, -0.05) is 61.8 Å². The van der Waals surface area contributed by atoms with Crippen LogP contribution in [0.3, 0.4) is 0 Å². The molecule has 0 radical (unpaired) electrons. The number of aryl methyl sites for hydroxylation is 2. The van der Waals surface area contributed by atoms with E-state index in [0.717, 1.165) is 75.3 Å². The zero-order valence-electron chi connectivity index (χ0n) is 64.1. The van der Waals surface area contributed by atoms with Crippen molar-refractivity contribution in [2.75, 3.05) is 69.1 Å². The van der Waals surface area contributed by atoms with Crippen molar-refractivity contribution in [2.45, 2.75) is 161 Å². The second kappa shape index (κ2) is 48.0. The van der Waals surface area contributed by atoms with E-state index in [1.54, 1.807) is 40.6 Å². The number of pyridine rings is 2. The number of aromatic hydroxyl groups is 1. The second-order valence-corrected chi connectivity index (χ2v) is 32.4. The minimum Gasteiger partial charge on any atom is -0.543 e. The summed E-state index contributed by atoms with van der Waals surface area (Å²) in [7, 11) is 7.66. The van der Waals surface area contributed by atoms with Gasteiger partial charge in [-0.3, -0.25) is 14.4 Å². The number of esters is 2. The van der Waals surface area contributed by atoms with Gasteiger partial charge in [-0.05, 0) is 173 Å². The summed E-state index contributed by atoms with van der Waals surface area (Å²) >= 11 is 0. The van der Waals surface area contributed by atoms with Crippen LogP contribution in [0.4, 0.5) is 8.78 Å². The van der Waals surface area contributed by atoms with Gasteiger partial charge in [-0.15, -0.1) is 0 Å². The number of ether oxygens (including phenoxy) is 6. The first kappa shape index (κ1) is 91.7. The molecule has 32 heteroatoms. The Hall–Kier alpha value is -9.70. The lowest BCUT2D eigenvalue weighted by Crippen LogP contribution is -2.43. The van der Waals surface area contributed by atoms with Crippen LogP contribution in [-0.4, -0.2) is 175 Å². The number of methoxy groups -OCH3 is 6. The van der Waals surface area contributed by atoms with Gasteiger partial charge in [0.05, 0.1) is 62.5 Å². The minimum atomic E-state index is -1.76. The molecule has 2 aromatic carbocycles. The van der Waals surface area contributed by atoms with E-state index in [1.807, 2.05) is 24.3 Å². The van der Waals surface area contributed by atoms with Crippen LogP contribution in [0.1, 0.15) is 145 Å². The van der Waals surface area contributed by atoms with Crippen molar-refractivity contribution in [2.24, 2.45) is 35.1 Å². The van der Waals surface area contributed by atoms with Gasteiger partial charge < -0.3 is 84.2 Å². The van der Waals surface area contributed by atoms with Crippen molar-refractivity contribution in [1.29, 1.82) is 0 Å². The number of hydrogen-bond acceptors (Lipinski definition) is 26. The Morgan fingerprint density at radius 1 is 0.642 bits per heavy atom. The molecule has 0 bridgehead atoms. The molecule has 1 fully saturated rings. The van der Waals surface area contributed by atoms with Gasteiger partial charge in [-0.25, -0.2) is 33.1 Å². The zero-order valence-corrected chi connectivity index (χ0v) is 65.1. The van der Waals surface area contributed by atoms with Gasteiger partial charge in [-0.2, -0.15) is 9.97 Å².